The summed E-state index contributed by atoms with van der Waals surface area (Å²) in [5, 5.41) is 12.9. The van der Waals surface area contributed by atoms with Gasteiger partial charge in [0.15, 0.2) is 5.69 Å². The Labute approximate surface area is 181 Å². The fraction of sp³-hybridized carbons (Fsp3) is 0.478. The topological polar surface area (TPSA) is 80.3 Å². The second-order valence-corrected chi connectivity index (χ2v) is 8.93. The molecule has 0 radical (unpaired) electrons. The number of amides is 1. The number of hydrogen-bond donors (Lipinski definition) is 0. The number of fused-ring (bicyclic) bond motifs is 1. The summed E-state index contributed by atoms with van der Waals surface area (Å²) in [4.78, 5) is 17.6. The van der Waals surface area contributed by atoms with E-state index >= 15 is 0 Å². The Hall–Kier alpha value is -3.00. The Morgan fingerprint density at radius 3 is 2.68 bits per heavy atom. The number of piperidine rings is 1. The van der Waals surface area contributed by atoms with Gasteiger partial charge in [0.25, 0.3) is 5.91 Å². The van der Waals surface area contributed by atoms with Crippen LogP contribution in [-0.2, 0) is 19.0 Å². The molecule has 4 heterocycles. The van der Waals surface area contributed by atoms with Crippen LogP contribution in [0.5, 0.6) is 0 Å². The van der Waals surface area contributed by atoms with Gasteiger partial charge in [-0.1, -0.05) is 30.3 Å². The molecule has 8 nitrogen and oxygen atoms in total. The van der Waals surface area contributed by atoms with E-state index in [9.17, 15) is 4.79 Å². The highest BCUT2D eigenvalue weighted by molar-refractivity contribution is 5.92. The second kappa shape index (κ2) is 7.60. The molecule has 2 unspecified atom stereocenters. The first-order valence-corrected chi connectivity index (χ1v) is 10.8. The molecular formula is C23H28N6O2. The predicted molar refractivity (Wildman–Crippen MR) is 114 cm³/mol. The maximum absolute atomic E-state index is 13.2. The van der Waals surface area contributed by atoms with Crippen molar-refractivity contribution in [2.24, 2.45) is 13.0 Å². The van der Waals surface area contributed by atoms with Crippen LogP contribution in [0.3, 0.4) is 0 Å². The van der Waals surface area contributed by atoms with Gasteiger partial charge in [0, 0.05) is 58.3 Å². The zero-order valence-electron chi connectivity index (χ0n) is 18.3. The minimum absolute atomic E-state index is 0.000481. The molecular weight excluding hydrogens is 392 g/mol. The lowest BCUT2D eigenvalue weighted by Gasteiger charge is -2.41. The lowest BCUT2D eigenvalue weighted by Crippen LogP contribution is -2.51. The van der Waals surface area contributed by atoms with Crippen molar-refractivity contribution in [1.82, 2.24) is 29.8 Å². The minimum atomic E-state index is -0.215. The van der Waals surface area contributed by atoms with Gasteiger partial charge < -0.3 is 9.32 Å². The number of aryl methyl sites for hydroxylation is 3. The molecule has 3 aromatic rings. The number of aromatic nitrogens is 4. The summed E-state index contributed by atoms with van der Waals surface area (Å²) < 4.78 is 7.71. The van der Waals surface area contributed by atoms with Gasteiger partial charge in [0.1, 0.15) is 0 Å². The molecule has 1 amide bonds. The summed E-state index contributed by atoms with van der Waals surface area (Å²) in [7, 11) is 1.86. The summed E-state index contributed by atoms with van der Waals surface area (Å²) in [6, 6.07) is 12.4. The third-order valence-electron chi connectivity index (χ3n) is 6.86. The van der Waals surface area contributed by atoms with E-state index in [0.29, 0.717) is 30.6 Å². The molecule has 1 aromatic carbocycles. The highest BCUT2D eigenvalue weighted by Crippen LogP contribution is 2.45. The van der Waals surface area contributed by atoms with Crippen LogP contribution in [0, 0.1) is 19.8 Å². The first kappa shape index (κ1) is 19.9. The van der Waals surface area contributed by atoms with Crippen LogP contribution >= 0.6 is 0 Å². The number of carbonyl (C=O) groups excluding carboxylic acids is 1. The van der Waals surface area contributed by atoms with Crippen LogP contribution in [-0.4, -0.2) is 61.9 Å². The molecule has 0 aliphatic carbocycles. The molecule has 0 spiro atoms. The average molecular weight is 421 g/mol. The second-order valence-electron chi connectivity index (χ2n) is 8.93. The van der Waals surface area contributed by atoms with Gasteiger partial charge in [-0.05, 0) is 25.0 Å². The van der Waals surface area contributed by atoms with Crippen molar-refractivity contribution < 1.29 is 9.21 Å². The molecule has 162 valence electrons. The summed E-state index contributed by atoms with van der Waals surface area (Å²) in [5.74, 6) is 1.54. The maximum atomic E-state index is 13.2. The maximum Gasteiger partial charge on any atom is 0.274 e. The third-order valence-corrected chi connectivity index (χ3v) is 6.86. The standard InChI is InChI=1S/C23H28N6O2/c1-16-11-20(26-27(16)3)21(30)29-10-9-23(22-25-24-17(2)31-22)15-28(13-19(23)14-29)12-18-7-5-4-6-8-18/h4-8,11,19H,9-10,12-15H2,1-3H3. The van der Waals surface area contributed by atoms with Crippen LogP contribution in [0.25, 0.3) is 0 Å². The normalized spacial score (nSPS) is 23.8. The number of rotatable bonds is 4. The largest absolute Gasteiger partial charge is 0.425 e. The molecule has 2 atom stereocenters. The highest BCUT2D eigenvalue weighted by atomic mass is 16.4. The molecule has 5 rings (SSSR count). The number of hydrogen-bond acceptors (Lipinski definition) is 6. The van der Waals surface area contributed by atoms with E-state index < -0.39 is 0 Å². The molecule has 31 heavy (non-hydrogen) atoms. The van der Waals surface area contributed by atoms with Crippen LogP contribution in [0.15, 0.2) is 40.8 Å². The number of carbonyl (C=O) groups is 1. The summed E-state index contributed by atoms with van der Waals surface area (Å²) >= 11 is 0. The Morgan fingerprint density at radius 1 is 1.19 bits per heavy atom. The van der Waals surface area contributed by atoms with Crippen LogP contribution in [0.1, 0.15) is 39.9 Å². The molecule has 0 saturated carbocycles. The van der Waals surface area contributed by atoms with Gasteiger partial charge in [0.2, 0.25) is 11.8 Å². The van der Waals surface area contributed by atoms with Crippen LogP contribution in [0.2, 0.25) is 0 Å². The Kier molecular flexibility index (Phi) is 4.89. The summed E-state index contributed by atoms with van der Waals surface area (Å²) in [6.07, 6.45) is 0.808. The molecule has 2 fully saturated rings. The first-order valence-electron chi connectivity index (χ1n) is 10.8. The lowest BCUT2D eigenvalue weighted by molar-refractivity contribution is 0.0561. The zero-order valence-corrected chi connectivity index (χ0v) is 18.3. The van der Waals surface area contributed by atoms with Gasteiger partial charge >= 0.3 is 0 Å². The molecule has 2 aromatic heterocycles. The van der Waals surface area contributed by atoms with Crippen molar-refractivity contribution in [2.45, 2.75) is 32.2 Å². The van der Waals surface area contributed by atoms with Crippen LogP contribution in [0.4, 0.5) is 0 Å². The van der Waals surface area contributed by atoms with Crippen LogP contribution < -0.4 is 0 Å². The highest BCUT2D eigenvalue weighted by Gasteiger charge is 2.54. The first-order chi connectivity index (χ1) is 14.9. The van der Waals surface area contributed by atoms with Gasteiger partial charge in [0.05, 0.1) is 5.41 Å². The van der Waals surface area contributed by atoms with Gasteiger partial charge in [-0.3, -0.25) is 14.4 Å². The van der Waals surface area contributed by atoms with Crippen molar-refractivity contribution in [3.63, 3.8) is 0 Å². The molecule has 2 aliphatic heterocycles. The average Bonchev–Trinajstić information content (AvgIpc) is 3.45. The summed E-state index contributed by atoms with van der Waals surface area (Å²) in [6.45, 7) is 7.74. The number of likely N-dealkylation sites (tertiary alicyclic amines) is 2. The lowest BCUT2D eigenvalue weighted by atomic mass is 9.72. The molecule has 0 N–H and O–H groups in total. The molecule has 0 bridgehead atoms. The quantitative estimate of drug-likeness (QED) is 0.645. The van der Waals surface area contributed by atoms with E-state index in [-0.39, 0.29) is 17.2 Å². The Bertz CT molecular complexity index is 1070. The third kappa shape index (κ3) is 3.54. The fourth-order valence-electron chi connectivity index (χ4n) is 5.11. The van der Waals surface area contributed by atoms with E-state index in [1.54, 1.807) is 4.68 Å². The molecule has 2 saturated heterocycles. The van der Waals surface area contributed by atoms with Crippen molar-refractivity contribution in [3.8, 4) is 0 Å². The van der Waals surface area contributed by atoms with E-state index in [1.165, 1.54) is 5.56 Å². The smallest absolute Gasteiger partial charge is 0.274 e. The molecule has 2 aliphatic rings. The number of nitrogens with zero attached hydrogens (tertiary/aromatic N) is 6. The zero-order chi connectivity index (χ0) is 21.6. The molecule has 8 heteroatoms. The van der Waals surface area contributed by atoms with Gasteiger partial charge in [-0.25, -0.2) is 0 Å². The Balaban J connectivity index is 1.40. The van der Waals surface area contributed by atoms with Gasteiger partial charge in [-0.2, -0.15) is 5.10 Å². The Morgan fingerprint density at radius 2 is 2.00 bits per heavy atom. The number of benzene rings is 1. The van der Waals surface area contributed by atoms with E-state index in [2.05, 4.69) is 44.5 Å². The minimum Gasteiger partial charge on any atom is -0.425 e. The predicted octanol–water partition coefficient (Wildman–Crippen LogP) is 2.34. The summed E-state index contributed by atoms with van der Waals surface area (Å²) in [5.41, 5.74) is 2.56. The SMILES string of the molecule is Cc1nnc(C23CCN(C(=O)c4cc(C)n(C)n4)CC2CN(Cc2ccccc2)C3)o1. The van der Waals surface area contributed by atoms with Crippen molar-refractivity contribution in [1.29, 1.82) is 0 Å². The van der Waals surface area contributed by atoms with Crippen molar-refractivity contribution in [2.75, 3.05) is 26.2 Å². The van der Waals surface area contributed by atoms with E-state index in [0.717, 1.165) is 31.7 Å². The fourth-order valence-corrected chi connectivity index (χ4v) is 5.11. The van der Waals surface area contributed by atoms with E-state index in [4.69, 9.17) is 4.42 Å². The van der Waals surface area contributed by atoms with E-state index in [1.807, 2.05) is 37.9 Å². The van der Waals surface area contributed by atoms with Crippen molar-refractivity contribution in [3.05, 3.63) is 65.1 Å². The monoisotopic (exact) mass is 420 g/mol. The van der Waals surface area contributed by atoms with Gasteiger partial charge in [-0.15, -0.1) is 10.2 Å². The van der Waals surface area contributed by atoms with Crippen molar-refractivity contribution >= 4 is 5.91 Å².